The number of carbonyl (C=O) groups is 1. The molecule has 0 saturated carbocycles. The minimum atomic E-state index is -0.424. The van der Waals surface area contributed by atoms with E-state index in [2.05, 4.69) is 39.8 Å². The highest BCUT2D eigenvalue weighted by atomic mass is 32.9. The molecular formula is C22H21NOS3. The van der Waals surface area contributed by atoms with Crippen molar-refractivity contribution < 1.29 is 4.79 Å². The fraction of sp³-hybridized carbons (Fsp3) is 0.273. The van der Waals surface area contributed by atoms with Crippen LogP contribution in [0, 0.1) is 17.7 Å². The number of aryl methyl sites for hydroxylation is 2. The first-order chi connectivity index (χ1) is 12.8. The van der Waals surface area contributed by atoms with Gasteiger partial charge in [0.05, 0.1) is 22.5 Å². The maximum Gasteiger partial charge on any atom is 0.232 e. The molecule has 0 N–H and O–H groups in total. The molecule has 0 radical (unpaired) electrons. The smallest absolute Gasteiger partial charge is 0.232 e. The predicted octanol–water partition coefficient (Wildman–Crippen LogP) is 6.65. The Balaban J connectivity index is 1.92. The molecule has 1 amide bonds. The minimum Gasteiger partial charge on any atom is -0.301 e. The summed E-state index contributed by atoms with van der Waals surface area (Å²) in [5, 5.41) is 0. The first-order valence-corrected chi connectivity index (χ1v) is 11.5. The zero-order valence-electron chi connectivity index (χ0n) is 15.8. The molecule has 1 aliphatic rings. The van der Waals surface area contributed by atoms with Gasteiger partial charge < -0.3 is 4.90 Å². The van der Waals surface area contributed by atoms with Crippen LogP contribution in [0.4, 0.5) is 5.69 Å². The van der Waals surface area contributed by atoms with Crippen molar-refractivity contribution in [2.75, 3.05) is 4.90 Å². The van der Waals surface area contributed by atoms with E-state index in [0.717, 1.165) is 31.8 Å². The molecule has 4 rings (SSSR count). The number of anilines is 1. The van der Waals surface area contributed by atoms with Crippen molar-refractivity contribution in [2.24, 2.45) is 0 Å². The van der Waals surface area contributed by atoms with Crippen LogP contribution in [0.2, 0.25) is 0 Å². The molecule has 0 spiro atoms. The molecule has 5 heteroatoms. The molecule has 1 aromatic heterocycles. The normalized spacial score (nSPS) is 14.6. The number of nitrogens with zero attached hydrogens (tertiary/aromatic N) is 1. The SMILES string of the molecule is Cc1cc(C)c2c(c1)-c1c(ssc1=S)C(C)(C)N2C(=O)Cc1ccccc1. The van der Waals surface area contributed by atoms with E-state index >= 15 is 0 Å². The third kappa shape index (κ3) is 2.98. The van der Waals surface area contributed by atoms with E-state index < -0.39 is 5.54 Å². The van der Waals surface area contributed by atoms with E-state index in [0.29, 0.717) is 6.42 Å². The fourth-order valence-corrected chi connectivity index (χ4v) is 7.29. The van der Waals surface area contributed by atoms with Crippen molar-refractivity contribution in [3.05, 3.63) is 67.9 Å². The van der Waals surface area contributed by atoms with Gasteiger partial charge in [0.25, 0.3) is 0 Å². The molecule has 0 atom stereocenters. The quantitative estimate of drug-likeness (QED) is 0.348. The van der Waals surface area contributed by atoms with Crippen LogP contribution in [0.5, 0.6) is 0 Å². The van der Waals surface area contributed by atoms with Crippen LogP contribution in [-0.2, 0) is 16.8 Å². The number of hydrogen-bond acceptors (Lipinski definition) is 4. The lowest BCUT2D eigenvalue weighted by Crippen LogP contribution is -2.48. The van der Waals surface area contributed by atoms with Crippen LogP contribution in [-0.4, -0.2) is 5.91 Å². The Bertz CT molecular complexity index is 1090. The molecule has 138 valence electrons. The van der Waals surface area contributed by atoms with Gasteiger partial charge in [-0.1, -0.05) is 74.9 Å². The van der Waals surface area contributed by atoms with Gasteiger partial charge in [-0.3, -0.25) is 4.79 Å². The van der Waals surface area contributed by atoms with E-state index in [-0.39, 0.29) is 5.91 Å². The van der Waals surface area contributed by atoms with Crippen LogP contribution >= 0.6 is 32.9 Å². The Labute approximate surface area is 172 Å². The van der Waals surface area contributed by atoms with Crippen LogP contribution in [0.3, 0.4) is 0 Å². The average molecular weight is 412 g/mol. The Morgan fingerprint density at radius 3 is 2.52 bits per heavy atom. The van der Waals surface area contributed by atoms with Crippen LogP contribution in [0.1, 0.15) is 35.4 Å². The van der Waals surface area contributed by atoms with E-state index in [1.807, 2.05) is 35.2 Å². The maximum absolute atomic E-state index is 13.5. The molecule has 0 bridgehead atoms. The largest absolute Gasteiger partial charge is 0.301 e. The van der Waals surface area contributed by atoms with E-state index in [1.165, 1.54) is 10.4 Å². The number of benzene rings is 2. The third-order valence-corrected chi connectivity index (χ3v) is 8.46. The van der Waals surface area contributed by atoms with Crippen LogP contribution < -0.4 is 4.90 Å². The topological polar surface area (TPSA) is 20.3 Å². The fourth-order valence-electron chi connectivity index (χ4n) is 4.01. The summed E-state index contributed by atoms with van der Waals surface area (Å²) in [6.45, 7) is 8.46. The molecule has 0 fully saturated rings. The number of carbonyl (C=O) groups excluding carboxylic acids is 1. The number of amides is 1. The molecule has 27 heavy (non-hydrogen) atoms. The molecule has 1 aliphatic heterocycles. The summed E-state index contributed by atoms with van der Waals surface area (Å²) in [5.41, 5.74) is 6.19. The molecule has 2 aromatic carbocycles. The maximum atomic E-state index is 13.5. The lowest BCUT2D eigenvalue weighted by Gasteiger charge is -2.44. The second-order valence-electron chi connectivity index (χ2n) is 7.59. The summed E-state index contributed by atoms with van der Waals surface area (Å²) < 4.78 is 0.921. The van der Waals surface area contributed by atoms with Gasteiger partial charge in [0.15, 0.2) is 0 Å². The molecular weight excluding hydrogens is 390 g/mol. The second kappa shape index (κ2) is 6.66. The van der Waals surface area contributed by atoms with Crippen molar-refractivity contribution in [3.63, 3.8) is 0 Å². The van der Waals surface area contributed by atoms with Gasteiger partial charge in [-0.15, -0.1) is 0 Å². The van der Waals surface area contributed by atoms with Gasteiger partial charge in [-0.05, 0) is 44.9 Å². The lowest BCUT2D eigenvalue weighted by atomic mass is 9.85. The first-order valence-electron chi connectivity index (χ1n) is 8.93. The highest BCUT2D eigenvalue weighted by Crippen LogP contribution is 2.53. The second-order valence-corrected chi connectivity index (χ2v) is 10.4. The van der Waals surface area contributed by atoms with Gasteiger partial charge in [0.2, 0.25) is 5.91 Å². The molecule has 0 saturated heterocycles. The summed E-state index contributed by atoms with van der Waals surface area (Å²) in [4.78, 5) is 16.7. The standard InChI is InChI=1S/C22H21NOS3/c1-13-10-14(2)19-16(11-13)18-20(26-27-21(18)25)22(3,4)23(19)17(24)12-15-8-6-5-7-9-15/h5-11H,12H2,1-4H3. The Kier molecular flexibility index (Phi) is 4.57. The molecule has 0 aliphatic carbocycles. The number of rotatable bonds is 2. The van der Waals surface area contributed by atoms with Crippen molar-refractivity contribution in [1.82, 2.24) is 0 Å². The van der Waals surface area contributed by atoms with Gasteiger partial charge >= 0.3 is 0 Å². The van der Waals surface area contributed by atoms with E-state index in [1.54, 1.807) is 20.7 Å². The highest BCUT2D eigenvalue weighted by molar-refractivity contribution is 7.80. The zero-order valence-corrected chi connectivity index (χ0v) is 18.3. The highest BCUT2D eigenvalue weighted by Gasteiger charge is 2.43. The van der Waals surface area contributed by atoms with Gasteiger partial charge in [-0.2, -0.15) is 0 Å². The van der Waals surface area contributed by atoms with Crippen molar-refractivity contribution in [1.29, 1.82) is 0 Å². The minimum absolute atomic E-state index is 0.120. The molecule has 3 aromatic rings. The average Bonchev–Trinajstić information content (AvgIpc) is 3.00. The summed E-state index contributed by atoms with van der Waals surface area (Å²) in [7, 11) is 3.34. The lowest BCUT2D eigenvalue weighted by molar-refractivity contribution is -0.119. The summed E-state index contributed by atoms with van der Waals surface area (Å²) in [5.74, 6) is 0.120. The number of hydrogen-bond donors (Lipinski definition) is 0. The predicted molar refractivity (Wildman–Crippen MR) is 119 cm³/mol. The number of fused-ring (bicyclic) bond motifs is 3. The molecule has 0 unspecified atom stereocenters. The van der Waals surface area contributed by atoms with Crippen molar-refractivity contribution in [3.8, 4) is 11.1 Å². The third-order valence-electron chi connectivity index (χ3n) is 5.13. The zero-order chi connectivity index (χ0) is 19.3. The summed E-state index contributed by atoms with van der Waals surface area (Å²) in [6.07, 6.45) is 0.391. The van der Waals surface area contributed by atoms with Crippen molar-refractivity contribution in [2.45, 2.75) is 39.7 Å². The van der Waals surface area contributed by atoms with Crippen LogP contribution in [0.15, 0.2) is 42.5 Å². The summed E-state index contributed by atoms with van der Waals surface area (Å²) in [6, 6.07) is 14.3. The van der Waals surface area contributed by atoms with Gasteiger partial charge in [0, 0.05) is 11.1 Å². The van der Waals surface area contributed by atoms with E-state index in [4.69, 9.17) is 12.2 Å². The van der Waals surface area contributed by atoms with Gasteiger partial charge in [0.1, 0.15) is 3.82 Å². The van der Waals surface area contributed by atoms with Crippen LogP contribution in [0.25, 0.3) is 11.1 Å². The Morgan fingerprint density at radius 1 is 1.11 bits per heavy atom. The molecule has 2 heterocycles. The van der Waals surface area contributed by atoms with Crippen molar-refractivity contribution >= 4 is 44.5 Å². The first kappa shape index (κ1) is 18.5. The Morgan fingerprint density at radius 2 is 1.81 bits per heavy atom. The monoisotopic (exact) mass is 411 g/mol. The summed E-state index contributed by atoms with van der Waals surface area (Å²) >= 11 is 5.67. The van der Waals surface area contributed by atoms with Gasteiger partial charge in [-0.25, -0.2) is 0 Å². The van der Waals surface area contributed by atoms with E-state index in [9.17, 15) is 4.79 Å². The molecule has 2 nitrogen and oxygen atoms in total. The Hall–Kier alpha value is -1.82.